The SMILES string of the molecule is O[C@H](CNCC1(N2CCCCC2)CCCCC1)COC(c1ccc(F)cc1)c1ccc(F)cc1. The van der Waals surface area contributed by atoms with Crippen LogP contribution in [0, 0.1) is 11.6 Å². The van der Waals surface area contributed by atoms with E-state index in [0.717, 1.165) is 17.7 Å². The maximum absolute atomic E-state index is 13.4. The van der Waals surface area contributed by atoms with Gasteiger partial charge in [0, 0.05) is 18.6 Å². The van der Waals surface area contributed by atoms with Crippen molar-refractivity contribution < 1.29 is 18.6 Å². The minimum absolute atomic E-state index is 0.128. The molecule has 1 saturated heterocycles. The Morgan fingerprint density at radius 2 is 1.35 bits per heavy atom. The molecule has 2 aromatic rings. The van der Waals surface area contributed by atoms with Gasteiger partial charge in [-0.2, -0.15) is 0 Å². The van der Waals surface area contributed by atoms with Crippen LogP contribution in [0.4, 0.5) is 8.78 Å². The minimum Gasteiger partial charge on any atom is -0.389 e. The first-order valence-corrected chi connectivity index (χ1v) is 12.8. The third-order valence-corrected chi connectivity index (χ3v) is 7.45. The van der Waals surface area contributed by atoms with Gasteiger partial charge in [-0.05, 0) is 74.2 Å². The van der Waals surface area contributed by atoms with Crippen LogP contribution in [0.5, 0.6) is 0 Å². The van der Waals surface area contributed by atoms with E-state index >= 15 is 0 Å². The highest BCUT2D eigenvalue weighted by atomic mass is 19.1. The number of nitrogens with zero attached hydrogens (tertiary/aromatic N) is 1. The molecule has 2 N–H and O–H groups in total. The Hall–Kier alpha value is -1.86. The Morgan fingerprint density at radius 3 is 1.91 bits per heavy atom. The second-order valence-electron chi connectivity index (χ2n) is 9.93. The molecule has 4 rings (SSSR count). The van der Waals surface area contributed by atoms with Gasteiger partial charge in [0.25, 0.3) is 0 Å². The molecule has 1 atom stereocenters. The third kappa shape index (κ3) is 6.63. The maximum Gasteiger partial charge on any atom is 0.123 e. The van der Waals surface area contributed by atoms with E-state index in [1.54, 1.807) is 24.3 Å². The molecule has 34 heavy (non-hydrogen) atoms. The number of benzene rings is 2. The molecule has 0 aromatic heterocycles. The number of piperidine rings is 1. The first-order valence-electron chi connectivity index (χ1n) is 12.8. The van der Waals surface area contributed by atoms with Crippen LogP contribution in [-0.4, -0.2) is 54.4 Å². The zero-order valence-electron chi connectivity index (χ0n) is 20.0. The number of likely N-dealkylation sites (tertiary alicyclic amines) is 1. The molecule has 0 unspecified atom stereocenters. The molecule has 186 valence electrons. The number of nitrogens with one attached hydrogen (secondary N) is 1. The molecule has 1 aliphatic carbocycles. The molecule has 0 radical (unpaired) electrons. The summed E-state index contributed by atoms with van der Waals surface area (Å²) in [6.45, 7) is 3.84. The van der Waals surface area contributed by atoms with E-state index in [1.807, 2.05) is 0 Å². The summed E-state index contributed by atoms with van der Waals surface area (Å²) in [5.74, 6) is -0.646. The van der Waals surface area contributed by atoms with E-state index in [-0.39, 0.29) is 23.8 Å². The third-order valence-electron chi connectivity index (χ3n) is 7.45. The molecule has 1 saturated carbocycles. The van der Waals surface area contributed by atoms with Crippen LogP contribution < -0.4 is 5.32 Å². The number of hydrogen-bond acceptors (Lipinski definition) is 4. The van der Waals surface area contributed by atoms with Crippen molar-refractivity contribution in [2.45, 2.75) is 69.1 Å². The van der Waals surface area contributed by atoms with Crippen molar-refractivity contribution in [3.8, 4) is 0 Å². The number of halogens is 2. The highest BCUT2D eigenvalue weighted by Crippen LogP contribution is 2.35. The summed E-state index contributed by atoms with van der Waals surface area (Å²) in [6, 6.07) is 12.2. The van der Waals surface area contributed by atoms with E-state index in [1.165, 1.54) is 88.7 Å². The first-order chi connectivity index (χ1) is 16.6. The Labute approximate surface area is 202 Å². The van der Waals surface area contributed by atoms with Crippen LogP contribution in [0.15, 0.2) is 48.5 Å². The zero-order valence-corrected chi connectivity index (χ0v) is 20.0. The zero-order chi connectivity index (χ0) is 23.8. The molecule has 4 nitrogen and oxygen atoms in total. The van der Waals surface area contributed by atoms with Gasteiger partial charge in [-0.1, -0.05) is 49.9 Å². The Bertz CT molecular complexity index is 817. The summed E-state index contributed by atoms with van der Waals surface area (Å²) in [4.78, 5) is 2.70. The van der Waals surface area contributed by atoms with E-state index in [0.29, 0.717) is 6.54 Å². The van der Waals surface area contributed by atoms with Crippen LogP contribution in [0.2, 0.25) is 0 Å². The number of aliphatic hydroxyl groups excluding tert-OH is 1. The average Bonchev–Trinajstić information content (AvgIpc) is 2.87. The number of aliphatic hydroxyl groups is 1. The van der Waals surface area contributed by atoms with E-state index < -0.39 is 12.2 Å². The van der Waals surface area contributed by atoms with Gasteiger partial charge in [-0.15, -0.1) is 0 Å². The smallest absolute Gasteiger partial charge is 0.123 e. The van der Waals surface area contributed by atoms with E-state index in [9.17, 15) is 13.9 Å². The number of hydrogen-bond donors (Lipinski definition) is 2. The molecule has 6 heteroatoms. The summed E-state index contributed by atoms with van der Waals surface area (Å²) in [7, 11) is 0. The van der Waals surface area contributed by atoms with Crippen molar-refractivity contribution in [2.75, 3.05) is 32.8 Å². The normalized spacial score (nSPS) is 19.9. The van der Waals surface area contributed by atoms with Crippen molar-refractivity contribution in [3.63, 3.8) is 0 Å². The lowest BCUT2D eigenvalue weighted by atomic mass is 9.79. The molecule has 2 aromatic carbocycles. The summed E-state index contributed by atoms with van der Waals surface area (Å²) < 4.78 is 33.0. The number of ether oxygens (including phenoxy) is 1. The van der Waals surface area contributed by atoms with Crippen LogP contribution in [-0.2, 0) is 4.74 Å². The molecule has 2 fully saturated rings. The molecule has 1 aliphatic heterocycles. The predicted molar refractivity (Wildman–Crippen MR) is 131 cm³/mol. The highest BCUT2D eigenvalue weighted by Gasteiger charge is 2.38. The Balaban J connectivity index is 1.33. The highest BCUT2D eigenvalue weighted by molar-refractivity contribution is 5.30. The minimum atomic E-state index is -0.676. The van der Waals surface area contributed by atoms with Gasteiger partial charge < -0.3 is 15.2 Å². The van der Waals surface area contributed by atoms with Crippen molar-refractivity contribution in [2.24, 2.45) is 0 Å². The predicted octanol–water partition coefficient (Wildman–Crippen LogP) is 5.21. The monoisotopic (exact) mass is 472 g/mol. The van der Waals surface area contributed by atoms with Crippen molar-refractivity contribution in [1.82, 2.24) is 10.2 Å². The van der Waals surface area contributed by atoms with Gasteiger partial charge in [0.2, 0.25) is 0 Å². The fourth-order valence-electron chi connectivity index (χ4n) is 5.58. The van der Waals surface area contributed by atoms with Gasteiger partial charge in [0.05, 0.1) is 12.7 Å². The van der Waals surface area contributed by atoms with Gasteiger partial charge >= 0.3 is 0 Å². The molecule has 1 heterocycles. The lowest BCUT2D eigenvalue weighted by Gasteiger charge is -2.48. The summed E-state index contributed by atoms with van der Waals surface area (Å²) in [5.41, 5.74) is 1.74. The standard InChI is InChI=1S/C28H38F2N2O2/c29-24-11-7-22(8-12-24)27(23-9-13-25(30)14-10-23)34-20-26(33)19-31-21-28(15-3-1-4-16-28)32-17-5-2-6-18-32/h7-14,26-27,31,33H,1-6,15-21H2/t26-/m1/s1. The lowest BCUT2D eigenvalue weighted by molar-refractivity contribution is 0.000342. The topological polar surface area (TPSA) is 44.7 Å². The largest absolute Gasteiger partial charge is 0.389 e. The van der Waals surface area contributed by atoms with Gasteiger partial charge in [0.15, 0.2) is 0 Å². The Kier molecular flexibility index (Phi) is 9.06. The number of rotatable bonds is 10. The van der Waals surface area contributed by atoms with E-state index in [2.05, 4.69) is 10.2 Å². The van der Waals surface area contributed by atoms with E-state index in [4.69, 9.17) is 4.74 Å². The first kappa shape index (κ1) is 25.2. The van der Waals surface area contributed by atoms with Crippen molar-refractivity contribution in [1.29, 1.82) is 0 Å². The van der Waals surface area contributed by atoms with Crippen molar-refractivity contribution >= 4 is 0 Å². The van der Waals surface area contributed by atoms with Crippen LogP contribution in [0.25, 0.3) is 0 Å². The quantitative estimate of drug-likeness (QED) is 0.498. The molecule has 0 amide bonds. The molecule has 2 aliphatic rings. The summed E-state index contributed by atoms with van der Waals surface area (Å²) in [6.07, 6.45) is 9.05. The lowest BCUT2D eigenvalue weighted by Crippen LogP contribution is -2.58. The second-order valence-corrected chi connectivity index (χ2v) is 9.93. The van der Waals surface area contributed by atoms with Crippen LogP contribution >= 0.6 is 0 Å². The molecular formula is C28H38F2N2O2. The van der Waals surface area contributed by atoms with Gasteiger partial charge in [0.1, 0.15) is 17.7 Å². The summed E-state index contributed by atoms with van der Waals surface area (Å²) in [5, 5.41) is 14.2. The summed E-state index contributed by atoms with van der Waals surface area (Å²) >= 11 is 0. The molecule has 0 spiro atoms. The fourth-order valence-corrected chi connectivity index (χ4v) is 5.58. The van der Waals surface area contributed by atoms with Crippen LogP contribution in [0.3, 0.4) is 0 Å². The Morgan fingerprint density at radius 1 is 0.824 bits per heavy atom. The molecule has 0 bridgehead atoms. The maximum atomic E-state index is 13.4. The molecular weight excluding hydrogens is 434 g/mol. The van der Waals surface area contributed by atoms with Crippen molar-refractivity contribution in [3.05, 3.63) is 71.3 Å². The van der Waals surface area contributed by atoms with Gasteiger partial charge in [-0.3, -0.25) is 4.90 Å². The van der Waals surface area contributed by atoms with Gasteiger partial charge in [-0.25, -0.2) is 8.78 Å². The van der Waals surface area contributed by atoms with Crippen LogP contribution in [0.1, 0.15) is 68.6 Å². The average molecular weight is 473 g/mol. The fraction of sp³-hybridized carbons (Fsp3) is 0.571. The second kappa shape index (κ2) is 12.2.